The molecule has 0 radical (unpaired) electrons. The van der Waals surface area contributed by atoms with Crippen LogP contribution in [0.5, 0.6) is 11.5 Å². The molecule has 0 bridgehead atoms. The Morgan fingerprint density at radius 3 is 2.29 bits per heavy atom. The Hall–Kier alpha value is -2.47. The first-order valence-electron chi connectivity index (χ1n) is 11.0. The van der Waals surface area contributed by atoms with Crippen LogP contribution in [0.4, 0.5) is 0 Å². The van der Waals surface area contributed by atoms with Crippen molar-refractivity contribution >= 4 is 23.6 Å². The third-order valence-electron chi connectivity index (χ3n) is 5.02. The molecule has 0 saturated carbocycles. The van der Waals surface area contributed by atoms with Gasteiger partial charge in [0.2, 0.25) is 11.8 Å². The standard InChI is InChI=1S/C25H34N2O3S/c1-4-6-10-20(5-2)17-26-25(29)24(27-19(3)28)18-31-23-15-13-22(14-16-23)30-21-11-8-7-9-12-21/h7-9,11-16,20,24H,4-6,10,17-18H2,1-3H3,(H,26,29)(H,27,28). The molecule has 2 aromatic carbocycles. The summed E-state index contributed by atoms with van der Waals surface area (Å²) in [5.41, 5.74) is 0. The van der Waals surface area contributed by atoms with Crippen LogP contribution >= 0.6 is 11.8 Å². The molecule has 2 atom stereocenters. The van der Waals surface area contributed by atoms with Gasteiger partial charge in [-0.3, -0.25) is 9.59 Å². The Kier molecular flexibility index (Phi) is 11.0. The van der Waals surface area contributed by atoms with Crippen LogP contribution in [0.1, 0.15) is 46.5 Å². The summed E-state index contributed by atoms with van der Waals surface area (Å²) < 4.78 is 5.81. The summed E-state index contributed by atoms with van der Waals surface area (Å²) in [6.45, 7) is 6.42. The van der Waals surface area contributed by atoms with Crippen LogP contribution in [0, 0.1) is 5.92 Å². The van der Waals surface area contributed by atoms with E-state index in [1.807, 2.05) is 54.6 Å². The van der Waals surface area contributed by atoms with Crippen LogP contribution in [0.2, 0.25) is 0 Å². The molecule has 0 spiro atoms. The van der Waals surface area contributed by atoms with Crippen molar-refractivity contribution < 1.29 is 14.3 Å². The number of hydrogen-bond acceptors (Lipinski definition) is 4. The van der Waals surface area contributed by atoms with Crippen molar-refractivity contribution in [3.63, 3.8) is 0 Å². The predicted molar refractivity (Wildman–Crippen MR) is 128 cm³/mol. The van der Waals surface area contributed by atoms with E-state index in [2.05, 4.69) is 24.5 Å². The van der Waals surface area contributed by atoms with Crippen LogP contribution in [0.25, 0.3) is 0 Å². The third kappa shape index (κ3) is 9.47. The quantitative estimate of drug-likeness (QED) is 0.407. The zero-order valence-electron chi connectivity index (χ0n) is 18.7. The Balaban J connectivity index is 1.88. The minimum absolute atomic E-state index is 0.123. The highest BCUT2D eigenvalue weighted by molar-refractivity contribution is 7.99. The number of thioether (sulfide) groups is 1. The molecule has 2 unspecified atom stereocenters. The van der Waals surface area contributed by atoms with Gasteiger partial charge in [0, 0.05) is 24.1 Å². The molecule has 6 heteroatoms. The smallest absolute Gasteiger partial charge is 0.243 e. The average Bonchev–Trinajstić information content (AvgIpc) is 2.78. The number of amides is 2. The maximum atomic E-state index is 12.7. The highest BCUT2D eigenvalue weighted by atomic mass is 32.2. The normalized spacial score (nSPS) is 12.6. The summed E-state index contributed by atoms with van der Waals surface area (Å²) in [5.74, 6) is 2.16. The maximum absolute atomic E-state index is 12.7. The van der Waals surface area contributed by atoms with E-state index in [9.17, 15) is 9.59 Å². The Bertz CT molecular complexity index is 796. The number of para-hydroxylation sites is 1. The largest absolute Gasteiger partial charge is 0.457 e. The minimum Gasteiger partial charge on any atom is -0.457 e. The first-order valence-corrected chi connectivity index (χ1v) is 12.0. The van der Waals surface area contributed by atoms with E-state index < -0.39 is 6.04 Å². The highest BCUT2D eigenvalue weighted by Gasteiger charge is 2.20. The molecular weight excluding hydrogens is 408 g/mol. The number of hydrogen-bond donors (Lipinski definition) is 2. The molecule has 0 aromatic heterocycles. The molecule has 2 rings (SSSR count). The topological polar surface area (TPSA) is 67.4 Å². The molecule has 0 aliphatic carbocycles. The molecule has 2 amide bonds. The summed E-state index contributed by atoms with van der Waals surface area (Å²) in [5, 5.41) is 5.82. The monoisotopic (exact) mass is 442 g/mol. The number of nitrogens with one attached hydrogen (secondary N) is 2. The number of carbonyl (C=O) groups excluding carboxylic acids is 2. The number of carbonyl (C=O) groups is 2. The van der Waals surface area contributed by atoms with Crippen molar-refractivity contribution in [1.82, 2.24) is 10.6 Å². The summed E-state index contributed by atoms with van der Waals surface area (Å²) in [7, 11) is 0. The van der Waals surface area contributed by atoms with Gasteiger partial charge in [-0.25, -0.2) is 0 Å². The van der Waals surface area contributed by atoms with Gasteiger partial charge in [0.25, 0.3) is 0 Å². The molecule has 0 saturated heterocycles. The lowest BCUT2D eigenvalue weighted by atomic mass is 9.99. The maximum Gasteiger partial charge on any atom is 0.243 e. The fourth-order valence-corrected chi connectivity index (χ4v) is 4.07. The van der Waals surface area contributed by atoms with Gasteiger partial charge < -0.3 is 15.4 Å². The van der Waals surface area contributed by atoms with Gasteiger partial charge >= 0.3 is 0 Å². The summed E-state index contributed by atoms with van der Waals surface area (Å²) >= 11 is 1.54. The van der Waals surface area contributed by atoms with Gasteiger partial charge in [-0.2, -0.15) is 0 Å². The summed E-state index contributed by atoms with van der Waals surface area (Å²) in [6.07, 6.45) is 4.48. The van der Waals surface area contributed by atoms with Crippen molar-refractivity contribution in [3.05, 3.63) is 54.6 Å². The Labute approximate surface area is 190 Å². The average molecular weight is 443 g/mol. The van der Waals surface area contributed by atoms with Crippen LogP contribution in [0.3, 0.4) is 0 Å². The van der Waals surface area contributed by atoms with Gasteiger partial charge in [0.15, 0.2) is 0 Å². The van der Waals surface area contributed by atoms with Crippen molar-refractivity contribution in [3.8, 4) is 11.5 Å². The van der Waals surface area contributed by atoms with E-state index >= 15 is 0 Å². The second-order valence-corrected chi connectivity index (χ2v) is 8.71. The van der Waals surface area contributed by atoms with Crippen LogP contribution in [-0.2, 0) is 9.59 Å². The molecule has 0 aliphatic rings. The van der Waals surface area contributed by atoms with Crippen molar-refractivity contribution in [2.75, 3.05) is 12.3 Å². The van der Waals surface area contributed by atoms with Crippen LogP contribution in [0.15, 0.2) is 59.5 Å². The van der Waals surface area contributed by atoms with Crippen LogP contribution in [-0.4, -0.2) is 30.2 Å². The lowest BCUT2D eigenvalue weighted by molar-refractivity contribution is -0.127. The summed E-state index contributed by atoms with van der Waals surface area (Å²) in [4.78, 5) is 25.3. The second kappa shape index (κ2) is 13.8. The van der Waals surface area contributed by atoms with Crippen molar-refractivity contribution in [2.45, 2.75) is 57.4 Å². The fraction of sp³-hybridized carbons (Fsp3) is 0.440. The first kappa shape index (κ1) is 24.8. The van der Waals surface area contributed by atoms with Crippen molar-refractivity contribution in [1.29, 1.82) is 0 Å². The summed E-state index contributed by atoms with van der Waals surface area (Å²) in [6, 6.07) is 16.8. The molecule has 2 N–H and O–H groups in total. The predicted octanol–water partition coefficient (Wildman–Crippen LogP) is 5.41. The van der Waals surface area contributed by atoms with E-state index in [0.717, 1.165) is 35.7 Å². The Morgan fingerprint density at radius 2 is 1.68 bits per heavy atom. The number of unbranched alkanes of at least 4 members (excludes halogenated alkanes) is 1. The van der Waals surface area contributed by atoms with E-state index in [0.29, 0.717) is 18.2 Å². The third-order valence-corrected chi connectivity index (χ3v) is 6.13. The van der Waals surface area contributed by atoms with Gasteiger partial charge in [-0.05, 0) is 48.7 Å². The number of rotatable bonds is 13. The molecule has 0 heterocycles. The highest BCUT2D eigenvalue weighted by Crippen LogP contribution is 2.25. The van der Waals surface area contributed by atoms with E-state index in [-0.39, 0.29) is 11.8 Å². The van der Waals surface area contributed by atoms with E-state index in [1.54, 1.807) is 0 Å². The molecular formula is C25H34N2O3S. The molecule has 0 aliphatic heterocycles. The number of ether oxygens (including phenoxy) is 1. The van der Waals surface area contributed by atoms with Crippen molar-refractivity contribution in [2.24, 2.45) is 5.92 Å². The fourth-order valence-electron chi connectivity index (χ4n) is 3.15. The second-order valence-electron chi connectivity index (χ2n) is 7.61. The zero-order valence-corrected chi connectivity index (χ0v) is 19.5. The zero-order chi connectivity index (χ0) is 22.5. The van der Waals surface area contributed by atoms with Gasteiger partial charge in [-0.15, -0.1) is 11.8 Å². The minimum atomic E-state index is -0.563. The van der Waals surface area contributed by atoms with E-state index in [1.165, 1.54) is 25.1 Å². The molecule has 31 heavy (non-hydrogen) atoms. The van der Waals surface area contributed by atoms with E-state index in [4.69, 9.17) is 4.74 Å². The molecule has 168 valence electrons. The van der Waals surface area contributed by atoms with Gasteiger partial charge in [0.05, 0.1) is 0 Å². The van der Waals surface area contributed by atoms with Gasteiger partial charge in [0.1, 0.15) is 17.5 Å². The number of benzene rings is 2. The SMILES string of the molecule is CCCCC(CC)CNC(=O)C(CSc1ccc(Oc2ccccc2)cc1)NC(C)=O. The first-order chi connectivity index (χ1) is 15.0. The molecule has 5 nitrogen and oxygen atoms in total. The lowest BCUT2D eigenvalue weighted by Crippen LogP contribution is -2.48. The molecule has 0 fully saturated rings. The lowest BCUT2D eigenvalue weighted by Gasteiger charge is -2.20. The Morgan fingerprint density at radius 1 is 1.00 bits per heavy atom. The van der Waals surface area contributed by atoms with Crippen LogP contribution < -0.4 is 15.4 Å². The van der Waals surface area contributed by atoms with Gasteiger partial charge in [-0.1, -0.05) is 51.3 Å². The molecule has 2 aromatic rings.